The Morgan fingerprint density at radius 1 is 1.41 bits per heavy atom. The molecule has 0 aromatic rings. The molecule has 1 N–H and O–H groups in total. The zero-order valence-corrected chi connectivity index (χ0v) is 10.4. The Balaban J connectivity index is 4.22. The van der Waals surface area contributed by atoms with Crippen LogP contribution in [-0.4, -0.2) is 44.6 Å². The molecule has 0 heterocycles. The molecule has 0 fully saturated rings. The molecule has 4 nitrogen and oxygen atoms in total. The average Bonchev–Trinajstić information content (AvgIpc) is 2.26. The number of carbonyl (C=O) groups is 1. The summed E-state index contributed by atoms with van der Waals surface area (Å²) in [4.78, 5) is 11.4. The summed E-state index contributed by atoms with van der Waals surface area (Å²) in [6, 6.07) is 0. The molecule has 0 aliphatic rings. The Labute approximate surface area is 98.5 Å². The first-order chi connectivity index (χ1) is 7.67. The molecule has 0 aliphatic carbocycles. The monoisotopic (exact) mass is 257 g/mol. The van der Waals surface area contributed by atoms with Crippen molar-refractivity contribution >= 4 is 5.97 Å². The fraction of sp³-hybridized carbons (Fsp3) is 0.900. The van der Waals surface area contributed by atoms with E-state index in [9.17, 15) is 18.0 Å². The lowest BCUT2D eigenvalue weighted by Crippen LogP contribution is -2.49. The highest BCUT2D eigenvalue weighted by atomic mass is 19.4. The molecular weight excluding hydrogens is 239 g/mol. The molecule has 0 saturated carbocycles. The van der Waals surface area contributed by atoms with Crippen LogP contribution in [-0.2, 0) is 14.3 Å². The van der Waals surface area contributed by atoms with Crippen molar-refractivity contribution in [2.75, 3.05) is 20.8 Å². The van der Waals surface area contributed by atoms with Crippen molar-refractivity contribution in [3.63, 3.8) is 0 Å². The van der Waals surface area contributed by atoms with Crippen LogP contribution in [0.5, 0.6) is 0 Å². The molecule has 0 amide bonds. The van der Waals surface area contributed by atoms with Gasteiger partial charge in [0.1, 0.15) is 5.54 Å². The molecule has 102 valence electrons. The number of methoxy groups -OCH3 is 1. The fourth-order valence-corrected chi connectivity index (χ4v) is 1.09. The summed E-state index contributed by atoms with van der Waals surface area (Å²) in [5, 5.41) is 2.71. The maximum atomic E-state index is 12.1. The highest BCUT2D eigenvalue weighted by molar-refractivity contribution is 5.80. The quantitative estimate of drug-likeness (QED) is 0.732. The molecule has 17 heavy (non-hydrogen) atoms. The van der Waals surface area contributed by atoms with Gasteiger partial charge in [0.2, 0.25) is 0 Å². The van der Waals surface area contributed by atoms with Crippen molar-refractivity contribution in [1.82, 2.24) is 5.32 Å². The number of nitrogens with one attached hydrogen (secondary N) is 1. The fourth-order valence-electron chi connectivity index (χ4n) is 1.09. The highest BCUT2D eigenvalue weighted by Crippen LogP contribution is 2.23. The normalized spacial score (nSPS) is 17.4. The number of ether oxygens (including phenoxy) is 2. The van der Waals surface area contributed by atoms with Crippen LogP contribution >= 0.6 is 0 Å². The van der Waals surface area contributed by atoms with Crippen molar-refractivity contribution in [3.05, 3.63) is 0 Å². The van der Waals surface area contributed by atoms with E-state index in [4.69, 9.17) is 0 Å². The van der Waals surface area contributed by atoms with Crippen LogP contribution in [0.25, 0.3) is 0 Å². The SMILES string of the molecule is CNC(C)(CCOC(C)C(F)(F)F)C(=O)OC. The number of likely N-dealkylation sites (N-methyl/N-ethyl adjacent to an activating group) is 1. The van der Waals surface area contributed by atoms with Crippen LogP contribution < -0.4 is 5.32 Å². The molecule has 0 spiro atoms. The van der Waals surface area contributed by atoms with Gasteiger partial charge in [-0.15, -0.1) is 0 Å². The standard InChI is InChI=1S/C10H18F3NO3/c1-7(10(11,12)13)17-6-5-9(2,14-3)8(15)16-4/h7,14H,5-6H2,1-4H3. The molecule has 0 aromatic heterocycles. The number of alkyl halides is 3. The minimum atomic E-state index is -4.39. The minimum absolute atomic E-state index is 0.0938. The second-order valence-corrected chi connectivity index (χ2v) is 3.88. The summed E-state index contributed by atoms with van der Waals surface area (Å²) in [7, 11) is 2.75. The third-order valence-corrected chi connectivity index (χ3v) is 2.62. The smallest absolute Gasteiger partial charge is 0.414 e. The lowest BCUT2D eigenvalue weighted by molar-refractivity contribution is -0.215. The van der Waals surface area contributed by atoms with Crippen molar-refractivity contribution in [1.29, 1.82) is 0 Å². The van der Waals surface area contributed by atoms with Gasteiger partial charge in [0.25, 0.3) is 0 Å². The van der Waals surface area contributed by atoms with E-state index in [2.05, 4.69) is 14.8 Å². The predicted molar refractivity (Wildman–Crippen MR) is 55.6 cm³/mol. The van der Waals surface area contributed by atoms with E-state index in [1.54, 1.807) is 6.92 Å². The van der Waals surface area contributed by atoms with Gasteiger partial charge in [-0.05, 0) is 27.3 Å². The van der Waals surface area contributed by atoms with E-state index in [0.29, 0.717) is 0 Å². The number of esters is 1. The number of rotatable bonds is 6. The van der Waals surface area contributed by atoms with E-state index in [1.165, 1.54) is 14.2 Å². The third-order valence-electron chi connectivity index (χ3n) is 2.62. The van der Waals surface area contributed by atoms with Crippen LogP contribution in [0.2, 0.25) is 0 Å². The summed E-state index contributed by atoms with van der Waals surface area (Å²) in [6.45, 7) is 2.28. The van der Waals surface area contributed by atoms with Gasteiger partial charge in [-0.25, -0.2) is 0 Å². The molecule has 7 heteroatoms. The van der Waals surface area contributed by atoms with Gasteiger partial charge >= 0.3 is 12.1 Å². The first-order valence-corrected chi connectivity index (χ1v) is 5.13. The molecular formula is C10H18F3NO3. The number of halogens is 3. The van der Waals surface area contributed by atoms with Crippen LogP contribution in [0.3, 0.4) is 0 Å². The number of carbonyl (C=O) groups excluding carboxylic acids is 1. The zero-order chi connectivity index (χ0) is 13.7. The van der Waals surface area contributed by atoms with Gasteiger partial charge in [0.05, 0.1) is 7.11 Å². The second kappa shape index (κ2) is 6.20. The molecule has 0 saturated heterocycles. The van der Waals surface area contributed by atoms with Crippen molar-refractivity contribution < 1.29 is 27.4 Å². The molecule has 2 unspecified atom stereocenters. The van der Waals surface area contributed by atoms with Gasteiger partial charge in [-0.3, -0.25) is 4.79 Å². The van der Waals surface area contributed by atoms with Crippen LogP contribution in [0, 0.1) is 0 Å². The van der Waals surface area contributed by atoms with Gasteiger partial charge in [0, 0.05) is 6.61 Å². The average molecular weight is 257 g/mol. The van der Waals surface area contributed by atoms with E-state index < -0.39 is 23.8 Å². The van der Waals surface area contributed by atoms with E-state index in [0.717, 1.165) is 6.92 Å². The first-order valence-electron chi connectivity index (χ1n) is 5.13. The topological polar surface area (TPSA) is 47.6 Å². The molecule has 0 bridgehead atoms. The van der Waals surface area contributed by atoms with Crippen LogP contribution in [0.1, 0.15) is 20.3 Å². The highest BCUT2D eigenvalue weighted by Gasteiger charge is 2.38. The second-order valence-electron chi connectivity index (χ2n) is 3.88. The summed E-state index contributed by atoms with van der Waals surface area (Å²) in [5.74, 6) is -0.539. The van der Waals surface area contributed by atoms with Crippen molar-refractivity contribution in [2.24, 2.45) is 0 Å². The largest absolute Gasteiger partial charge is 0.468 e. The first kappa shape index (κ1) is 16.2. The Morgan fingerprint density at radius 2 is 1.94 bits per heavy atom. The Kier molecular flexibility index (Phi) is 5.91. The lowest BCUT2D eigenvalue weighted by atomic mass is 9.99. The Morgan fingerprint density at radius 3 is 2.29 bits per heavy atom. The minimum Gasteiger partial charge on any atom is -0.468 e. The van der Waals surface area contributed by atoms with Crippen molar-refractivity contribution in [2.45, 2.75) is 38.1 Å². The van der Waals surface area contributed by atoms with E-state index >= 15 is 0 Å². The van der Waals surface area contributed by atoms with Crippen molar-refractivity contribution in [3.8, 4) is 0 Å². The van der Waals surface area contributed by atoms with E-state index in [-0.39, 0.29) is 13.0 Å². The maximum Gasteiger partial charge on any atom is 0.414 e. The van der Waals surface area contributed by atoms with Crippen LogP contribution in [0.4, 0.5) is 13.2 Å². The lowest BCUT2D eigenvalue weighted by Gasteiger charge is -2.26. The molecule has 0 rings (SSSR count). The summed E-state index contributed by atoms with van der Waals surface area (Å²) in [6.07, 6.45) is -6.14. The summed E-state index contributed by atoms with van der Waals surface area (Å²) >= 11 is 0. The predicted octanol–water partition coefficient (Wildman–Crippen LogP) is 1.49. The molecule has 0 aromatic carbocycles. The molecule has 0 aliphatic heterocycles. The van der Waals surface area contributed by atoms with Gasteiger partial charge in [-0.2, -0.15) is 13.2 Å². The van der Waals surface area contributed by atoms with Gasteiger partial charge < -0.3 is 14.8 Å². The number of hydrogen-bond donors (Lipinski definition) is 1. The third kappa shape index (κ3) is 4.91. The molecule has 2 atom stereocenters. The van der Waals surface area contributed by atoms with E-state index in [1.807, 2.05) is 0 Å². The molecule has 0 radical (unpaired) electrons. The maximum absolute atomic E-state index is 12.1. The van der Waals surface area contributed by atoms with Gasteiger partial charge in [0.15, 0.2) is 6.10 Å². The number of hydrogen-bond acceptors (Lipinski definition) is 4. The Hall–Kier alpha value is -0.820. The van der Waals surface area contributed by atoms with Gasteiger partial charge in [-0.1, -0.05) is 0 Å². The Bertz CT molecular complexity index is 258. The van der Waals surface area contributed by atoms with Crippen LogP contribution in [0.15, 0.2) is 0 Å². The zero-order valence-electron chi connectivity index (χ0n) is 10.4. The summed E-state index contributed by atoms with van der Waals surface area (Å²) < 4.78 is 45.6. The summed E-state index contributed by atoms with van der Waals surface area (Å²) in [5.41, 5.74) is -1.04.